The van der Waals surface area contributed by atoms with E-state index in [4.69, 9.17) is 37.9 Å². The second kappa shape index (κ2) is 30.0. The highest BCUT2D eigenvalue weighted by atomic mass is 16.8. The molecule has 0 saturated carbocycles. The summed E-state index contributed by atoms with van der Waals surface area (Å²) in [5.74, 6) is -0.863. The Hall–Kier alpha value is -4.39. The van der Waals surface area contributed by atoms with E-state index >= 15 is 0 Å². The van der Waals surface area contributed by atoms with E-state index in [0.29, 0.717) is 26.4 Å². The van der Waals surface area contributed by atoms with Crippen LogP contribution < -0.4 is 5.32 Å². The van der Waals surface area contributed by atoms with Crippen molar-refractivity contribution in [2.24, 2.45) is 0 Å². The van der Waals surface area contributed by atoms with E-state index in [0.717, 1.165) is 41.5 Å². The van der Waals surface area contributed by atoms with E-state index in [2.05, 4.69) is 60.8 Å². The number of ether oxygens (including phenoxy) is 8. The number of alkyl carbamates (subject to hydrolysis) is 1. The summed E-state index contributed by atoms with van der Waals surface area (Å²) in [7, 11) is 0. The highest BCUT2D eigenvalue weighted by Gasteiger charge is 2.49. The summed E-state index contributed by atoms with van der Waals surface area (Å²) in [5.41, 5.74) is 3.40. The fourth-order valence-electron chi connectivity index (χ4n) is 9.47. The first kappa shape index (κ1) is 55.9. The van der Waals surface area contributed by atoms with Gasteiger partial charge < -0.3 is 43.2 Å². The van der Waals surface area contributed by atoms with Crippen LogP contribution in [-0.4, -0.2) is 72.9 Å². The lowest BCUT2D eigenvalue weighted by Crippen LogP contribution is -2.60. The van der Waals surface area contributed by atoms with Crippen LogP contribution in [0.15, 0.2) is 133 Å². The van der Waals surface area contributed by atoms with Crippen LogP contribution in [-0.2, 0) is 64.3 Å². The molecule has 0 aliphatic carbocycles. The Labute approximate surface area is 426 Å². The molecule has 1 N–H and O–H groups in total. The molecule has 2 saturated heterocycles. The van der Waals surface area contributed by atoms with Crippen LogP contribution in [0.2, 0.25) is 0 Å². The molecule has 8 atom stereocenters. The minimum Gasteiger partial charge on any atom is -0.444 e. The molecule has 4 aromatic carbocycles. The zero-order valence-electron chi connectivity index (χ0n) is 43.7. The molecule has 6 rings (SSSR count). The average molecular weight is 976 g/mol. The summed E-state index contributed by atoms with van der Waals surface area (Å²) in [5, 5.41) is 3.18. The van der Waals surface area contributed by atoms with Gasteiger partial charge in [0.1, 0.15) is 42.2 Å². The standard InChI is InChI=1S/C61H85NO9/c1-7-8-9-10-11-12-13-14-15-16-17-30-39-53-55(70-61(5,6)69-53)51(62-59(63)71-60(2,3)4)40-41-52-56(65-43-48-33-24-19-25-34-48)58(67-45-50-37-28-21-29-38-50)57(66-44-49-35-26-20-27-36-49)54(68-52)46-64-42-47-31-22-18-23-32-47/h18-29,31-38,40-41,51-58H,7-17,30,39,42-46H2,1-6H3,(H,62,63)/b41-40+/t51-,52+,53-,54?,55+,56?,57+,58-/m1/s1. The lowest BCUT2D eigenvalue weighted by atomic mass is 9.92. The molecule has 1 amide bonds. The number of carbonyl (C=O) groups excluding carboxylic acids is 1. The van der Waals surface area contributed by atoms with E-state index in [1.807, 2.05) is 120 Å². The summed E-state index contributed by atoms with van der Waals surface area (Å²) in [6, 6.07) is 39.9. The molecule has 10 nitrogen and oxygen atoms in total. The Morgan fingerprint density at radius 2 is 1.04 bits per heavy atom. The monoisotopic (exact) mass is 976 g/mol. The van der Waals surface area contributed by atoms with Gasteiger partial charge in [0.25, 0.3) is 0 Å². The van der Waals surface area contributed by atoms with Crippen molar-refractivity contribution in [3.63, 3.8) is 0 Å². The van der Waals surface area contributed by atoms with Crippen LogP contribution in [0.25, 0.3) is 0 Å². The van der Waals surface area contributed by atoms with Gasteiger partial charge in [-0.1, -0.05) is 217 Å². The minimum atomic E-state index is -0.863. The molecule has 2 heterocycles. The van der Waals surface area contributed by atoms with Crippen molar-refractivity contribution in [2.45, 2.75) is 212 Å². The Bertz CT molecular complexity index is 2060. The van der Waals surface area contributed by atoms with Crippen LogP contribution in [0.3, 0.4) is 0 Å². The zero-order chi connectivity index (χ0) is 50.2. The van der Waals surface area contributed by atoms with Crippen LogP contribution >= 0.6 is 0 Å². The molecule has 2 aliphatic rings. The first-order chi connectivity index (χ1) is 34.5. The fraction of sp³-hybridized carbons (Fsp3) is 0.557. The van der Waals surface area contributed by atoms with Gasteiger partial charge in [0, 0.05) is 0 Å². The third-order valence-corrected chi connectivity index (χ3v) is 13.0. The van der Waals surface area contributed by atoms with Crippen LogP contribution in [0.4, 0.5) is 4.79 Å². The van der Waals surface area contributed by atoms with Crippen molar-refractivity contribution in [2.75, 3.05) is 6.61 Å². The van der Waals surface area contributed by atoms with Gasteiger partial charge in [-0.25, -0.2) is 4.79 Å². The number of nitrogens with one attached hydrogen (secondary N) is 1. The summed E-state index contributed by atoms with van der Waals surface area (Å²) in [6.07, 6.45) is 15.6. The van der Waals surface area contributed by atoms with E-state index in [-0.39, 0.29) is 12.7 Å². The number of amides is 1. The Balaban J connectivity index is 1.28. The largest absolute Gasteiger partial charge is 0.444 e. The number of rotatable bonds is 30. The van der Waals surface area contributed by atoms with Gasteiger partial charge in [-0.3, -0.25) is 0 Å². The number of carbonyl (C=O) groups is 1. The molecule has 0 radical (unpaired) electrons. The van der Waals surface area contributed by atoms with Gasteiger partial charge in [-0.05, 0) is 63.3 Å². The van der Waals surface area contributed by atoms with Crippen molar-refractivity contribution < 1.29 is 42.7 Å². The number of unbranched alkanes of at least 4 members (excludes halogenated alkanes) is 11. The molecular weight excluding hydrogens is 891 g/mol. The smallest absolute Gasteiger partial charge is 0.408 e. The molecule has 2 fully saturated rings. The van der Waals surface area contributed by atoms with Crippen LogP contribution in [0, 0.1) is 0 Å². The lowest BCUT2D eigenvalue weighted by molar-refractivity contribution is -0.263. The number of hydrogen-bond donors (Lipinski definition) is 1. The fourth-order valence-corrected chi connectivity index (χ4v) is 9.47. The Morgan fingerprint density at radius 3 is 1.54 bits per heavy atom. The van der Waals surface area contributed by atoms with Crippen LogP contribution in [0.5, 0.6) is 0 Å². The highest BCUT2D eigenvalue weighted by molar-refractivity contribution is 5.68. The van der Waals surface area contributed by atoms with Crippen molar-refractivity contribution >= 4 is 6.09 Å². The Kier molecular flexibility index (Phi) is 23.6. The van der Waals surface area contributed by atoms with Crippen molar-refractivity contribution in [1.29, 1.82) is 0 Å². The van der Waals surface area contributed by atoms with Gasteiger partial charge in [0.05, 0.1) is 45.2 Å². The molecule has 0 bridgehead atoms. The first-order valence-corrected chi connectivity index (χ1v) is 26.7. The van der Waals surface area contributed by atoms with E-state index in [1.54, 1.807) is 0 Å². The van der Waals surface area contributed by atoms with E-state index in [9.17, 15) is 4.79 Å². The highest BCUT2D eigenvalue weighted by Crippen LogP contribution is 2.35. The third-order valence-electron chi connectivity index (χ3n) is 13.0. The van der Waals surface area contributed by atoms with E-state index < -0.39 is 60.1 Å². The topological polar surface area (TPSA) is 103 Å². The van der Waals surface area contributed by atoms with Crippen molar-refractivity contribution in [3.05, 3.63) is 156 Å². The van der Waals surface area contributed by atoms with E-state index in [1.165, 1.54) is 64.2 Å². The first-order valence-electron chi connectivity index (χ1n) is 26.7. The maximum absolute atomic E-state index is 13.8. The Morgan fingerprint density at radius 1 is 0.592 bits per heavy atom. The molecule has 10 heteroatoms. The predicted molar refractivity (Wildman–Crippen MR) is 282 cm³/mol. The molecule has 2 aliphatic heterocycles. The quantitative estimate of drug-likeness (QED) is 0.0404. The maximum atomic E-state index is 13.8. The summed E-state index contributed by atoms with van der Waals surface area (Å²) in [4.78, 5) is 13.8. The normalized spacial score (nSPS) is 22.6. The molecule has 71 heavy (non-hydrogen) atoms. The lowest BCUT2D eigenvalue weighted by Gasteiger charge is -2.45. The zero-order valence-corrected chi connectivity index (χ0v) is 43.7. The molecule has 0 spiro atoms. The molecule has 4 aromatic rings. The molecule has 0 aromatic heterocycles. The van der Waals surface area contributed by atoms with Gasteiger partial charge in [-0.15, -0.1) is 0 Å². The third kappa shape index (κ3) is 20.2. The minimum absolute atomic E-state index is 0.226. The summed E-state index contributed by atoms with van der Waals surface area (Å²) in [6.45, 7) is 13.3. The number of hydrogen-bond acceptors (Lipinski definition) is 9. The number of benzene rings is 4. The maximum Gasteiger partial charge on any atom is 0.408 e. The SMILES string of the molecule is CCCCCCCCCCCCCC[C@H]1OC(C)(C)O[C@H]1[C@@H](/C=C/[C@@H]1OC(COCc2ccccc2)[C@H](OCc2ccccc2)[C@H](OCc2ccccc2)C1OCc1ccccc1)NC(=O)OC(C)(C)C. The van der Waals surface area contributed by atoms with Gasteiger partial charge >= 0.3 is 6.09 Å². The van der Waals surface area contributed by atoms with Gasteiger partial charge in [0.2, 0.25) is 0 Å². The molecular formula is C61H85NO9. The van der Waals surface area contributed by atoms with Gasteiger partial charge in [0.15, 0.2) is 5.79 Å². The summed E-state index contributed by atoms with van der Waals surface area (Å²) < 4.78 is 53.8. The second-order valence-corrected chi connectivity index (χ2v) is 20.8. The molecule has 2 unspecified atom stereocenters. The average Bonchev–Trinajstić information content (AvgIpc) is 3.68. The summed E-state index contributed by atoms with van der Waals surface area (Å²) >= 11 is 0. The van der Waals surface area contributed by atoms with Crippen molar-refractivity contribution in [1.82, 2.24) is 5.32 Å². The molecule has 388 valence electrons. The van der Waals surface area contributed by atoms with Crippen LogP contribution in [0.1, 0.15) is 147 Å². The van der Waals surface area contributed by atoms with Gasteiger partial charge in [-0.2, -0.15) is 0 Å². The predicted octanol–water partition coefficient (Wildman–Crippen LogP) is 13.8. The van der Waals surface area contributed by atoms with Crippen molar-refractivity contribution in [3.8, 4) is 0 Å². The second-order valence-electron chi connectivity index (χ2n) is 20.8.